The van der Waals surface area contributed by atoms with Crippen molar-refractivity contribution in [1.82, 2.24) is 0 Å². The minimum absolute atomic E-state index is 0. The average Bonchev–Trinajstić information content (AvgIpc) is 2.67. The van der Waals surface area contributed by atoms with Gasteiger partial charge in [0.1, 0.15) is 5.78 Å². The summed E-state index contributed by atoms with van der Waals surface area (Å²) in [6, 6.07) is 0. The van der Waals surface area contributed by atoms with Crippen molar-refractivity contribution in [3.63, 3.8) is 0 Å². The van der Waals surface area contributed by atoms with Crippen molar-refractivity contribution in [1.29, 1.82) is 0 Å². The molecule has 0 bridgehead atoms. The van der Waals surface area contributed by atoms with Crippen molar-refractivity contribution in [2.24, 2.45) is 4.99 Å². The number of hydrogen-bond acceptors (Lipinski definition) is 3. The van der Waals surface area contributed by atoms with Gasteiger partial charge in [0.15, 0.2) is 0 Å². The summed E-state index contributed by atoms with van der Waals surface area (Å²) in [6.07, 6.45) is 8.83. The van der Waals surface area contributed by atoms with Crippen molar-refractivity contribution in [3.8, 4) is 0 Å². The van der Waals surface area contributed by atoms with Crippen LogP contribution in [0.25, 0.3) is 0 Å². The topological polar surface area (TPSA) is 29.4 Å². The molecule has 9 heteroatoms. The molecule has 0 aliphatic carbocycles. The van der Waals surface area contributed by atoms with Crippen LogP contribution in [0.1, 0.15) is 125 Å². The van der Waals surface area contributed by atoms with Crippen LogP contribution in [0, 0.1) is 24.1 Å². The van der Waals surface area contributed by atoms with Crippen LogP contribution in [-0.4, -0.2) is 32.2 Å². The van der Waals surface area contributed by atoms with Gasteiger partial charge in [-0.1, -0.05) is 73.4 Å². The molecule has 2 nitrogen and oxygen atoms in total. The van der Waals surface area contributed by atoms with E-state index < -0.39 is 0 Å². The Labute approximate surface area is 395 Å². The van der Waals surface area contributed by atoms with Gasteiger partial charge in [-0.2, -0.15) is 41.5 Å². The number of carbonyl (C=O) groups excluding carboxylic acids is 1. The van der Waals surface area contributed by atoms with Crippen LogP contribution in [0.15, 0.2) is 21.7 Å². The molecule has 0 spiro atoms. The van der Waals surface area contributed by atoms with Gasteiger partial charge in [-0.15, -0.1) is 0 Å². The number of hydrogen-bond donors (Lipinski definition) is 0. The van der Waals surface area contributed by atoms with E-state index in [1.54, 1.807) is 7.05 Å². The van der Waals surface area contributed by atoms with E-state index in [9.17, 15) is 4.79 Å². The van der Waals surface area contributed by atoms with Crippen LogP contribution >= 0.6 is 12.2 Å². The number of ketones is 1. The van der Waals surface area contributed by atoms with Gasteiger partial charge in [0.2, 0.25) is 0 Å². The third-order valence-corrected chi connectivity index (χ3v) is 1.95. The zero-order valence-corrected chi connectivity index (χ0v) is 47.7. The smallest absolute Gasteiger partial charge is 0.126 e. The monoisotopic (exact) mass is 985 g/mol. The first-order valence-electron chi connectivity index (χ1n) is 12.3. The predicted octanol–water partition coefficient (Wildman–Crippen LogP) is 11.4. The van der Waals surface area contributed by atoms with E-state index in [2.05, 4.69) is 75.9 Å². The molecule has 0 saturated carbocycles. The number of aliphatic imine (C=N–C) groups is 1. The zero-order valence-electron chi connectivity index (χ0n) is 31.7. The first-order chi connectivity index (χ1) is 16.0. The summed E-state index contributed by atoms with van der Waals surface area (Å²) in [6.45, 7) is 41.8. The van der Waals surface area contributed by atoms with Gasteiger partial charge in [-0.05, 0) is 46.4 Å². The summed E-state index contributed by atoms with van der Waals surface area (Å²) < 4.78 is 0. The molecule has 0 unspecified atom stereocenters. The minimum Gasteiger partial charge on any atom is -0.501 e. The van der Waals surface area contributed by atoms with E-state index in [1.807, 2.05) is 90.0 Å². The normalized spacial score (nSPS) is 6.44. The number of rotatable bonds is 0. The Morgan fingerprint density at radius 1 is 0.585 bits per heavy atom. The van der Waals surface area contributed by atoms with Crippen LogP contribution in [0.3, 0.4) is 0 Å². The maximum absolute atomic E-state index is 9.44. The van der Waals surface area contributed by atoms with Crippen molar-refractivity contribution in [3.05, 3.63) is 40.9 Å². The Hall–Kier alpha value is 4.39. The number of nitrogens with zero attached hydrogens (tertiary/aromatic N) is 1. The van der Waals surface area contributed by atoms with Crippen LogP contribution in [0.5, 0.6) is 0 Å². The van der Waals surface area contributed by atoms with E-state index in [4.69, 9.17) is 0 Å². The molecule has 6 radical (unpaired) electrons. The van der Waals surface area contributed by atoms with E-state index in [0.29, 0.717) is 0 Å². The van der Waals surface area contributed by atoms with Gasteiger partial charge in [-0.25, -0.2) is 0 Å². The Bertz CT molecular complexity index is 465. The van der Waals surface area contributed by atoms with E-state index in [-0.39, 0.29) is 178 Å². The second-order valence-corrected chi connectivity index (χ2v) is 13.6. The van der Waals surface area contributed by atoms with E-state index in [1.165, 1.54) is 36.5 Å². The molecule has 0 rings (SSSR count). The Morgan fingerprint density at radius 3 is 0.634 bits per heavy atom. The maximum Gasteiger partial charge on any atom is 0.126 e. The molecule has 0 amide bonds. The summed E-state index contributed by atoms with van der Waals surface area (Å²) in [7, 11) is 1.91. The number of Topliss-reactive ketones (excluding diaryl/α,β-unsaturated/α-hetero) is 1. The quantitative estimate of drug-likeness (QED) is 0.105. The zero-order chi connectivity index (χ0) is 31.4. The van der Waals surface area contributed by atoms with Crippen molar-refractivity contribution in [2.75, 3.05) is 7.05 Å². The fraction of sp³-hybridized carbons (Fsp3) is 0.688. The molecule has 0 N–H and O–H groups in total. The van der Waals surface area contributed by atoms with Gasteiger partial charge >= 0.3 is 0 Å². The van der Waals surface area contributed by atoms with Gasteiger partial charge < -0.3 is 28.9 Å². The third kappa shape index (κ3) is 520. The maximum atomic E-state index is 9.44. The molecule has 41 heavy (non-hydrogen) atoms. The average molecular weight is 986 g/mol. The minimum atomic E-state index is 0. The molecular formula is C32H66NOSSiY5-4. The molecule has 0 aromatic carbocycles. The molecule has 0 saturated heterocycles. The SMILES string of the molecule is CC(C)=O.CC(C)=S.CN=C(C)C.C[C-](C)C.C[C-]=C(C)C.C[C-]=C(C)C.C[C-]=C(C)C.C[Si](C)C.[Y].[Y].[Y].[Y].[Y]. The van der Waals surface area contributed by atoms with Crippen LogP contribution in [0.4, 0.5) is 0 Å². The fourth-order valence-electron chi connectivity index (χ4n) is 0. The Kier molecular flexibility index (Phi) is 166. The van der Waals surface area contributed by atoms with Crippen LogP contribution < -0.4 is 0 Å². The molecule has 0 atom stereocenters. The molecule has 0 aromatic heterocycles. The van der Waals surface area contributed by atoms with E-state index in [0.717, 1.165) is 10.6 Å². The van der Waals surface area contributed by atoms with Crippen molar-refractivity contribution in [2.45, 2.75) is 144 Å². The number of allylic oxidation sites excluding steroid dienone is 6. The summed E-state index contributed by atoms with van der Waals surface area (Å²) in [5.74, 6) is 1.58. The Morgan fingerprint density at radius 2 is 0.634 bits per heavy atom. The summed E-state index contributed by atoms with van der Waals surface area (Å²) in [5, 5.41) is 0. The van der Waals surface area contributed by atoms with Crippen LogP contribution in [0.2, 0.25) is 19.6 Å². The first-order valence-corrected chi connectivity index (χ1v) is 15.7. The van der Waals surface area contributed by atoms with Gasteiger partial charge in [0.25, 0.3) is 0 Å². The van der Waals surface area contributed by atoms with E-state index >= 15 is 0 Å². The molecule has 0 aliphatic rings. The Balaban J connectivity index is -0.0000000196. The predicted molar refractivity (Wildman–Crippen MR) is 180 cm³/mol. The molecule has 0 aliphatic heterocycles. The van der Waals surface area contributed by atoms with Gasteiger partial charge in [-0.3, -0.25) is 21.7 Å². The van der Waals surface area contributed by atoms with Gasteiger partial charge in [0, 0.05) is 185 Å². The molecular weight excluding hydrogens is 919 g/mol. The molecule has 0 heterocycles. The molecule has 0 fully saturated rings. The summed E-state index contributed by atoms with van der Waals surface area (Å²) in [4.78, 5) is 14.2. The fourth-order valence-corrected chi connectivity index (χ4v) is 0. The number of thiocarbonyl (C=S) groups is 1. The summed E-state index contributed by atoms with van der Waals surface area (Å²) >= 11 is 4.54. The molecule has 234 valence electrons. The third-order valence-electron chi connectivity index (χ3n) is 1.95. The summed E-state index contributed by atoms with van der Waals surface area (Å²) in [5.41, 5.74) is 4.89. The van der Waals surface area contributed by atoms with Gasteiger partial charge in [0.05, 0.1) is 0 Å². The number of carbonyl (C=O) groups is 1. The molecule has 0 aromatic rings. The largest absolute Gasteiger partial charge is 0.501 e. The second kappa shape index (κ2) is 79.7. The van der Waals surface area contributed by atoms with Crippen molar-refractivity contribution < 1.29 is 168 Å². The first kappa shape index (κ1) is 85.3. The van der Waals surface area contributed by atoms with Crippen LogP contribution in [-0.2, 0) is 168 Å². The van der Waals surface area contributed by atoms with Crippen molar-refractivity contribution >= 4 is 37.4 Å². The second-order valence-electron chi connectivity index (χ2n) is 9.74. The standard InChI is InChI=1S/3C5H9.C4H9N.C4H9.C3H6O.C3H6S.C3H9Si.5Y/c3*1-4-5(2)3;1-4(2)5-3;1-4(2)3;2*1-3(2)4;1-4(2)3;;;;;/h4*1-3H3;1-3H3;2*1-2H3;1-3H3;;;;;/q3*-1;;-1;;;;;;;;.